The number of hydrogen-bond acceptors (Lipinski definition) is 2. The van der Waals surface area contributed by atoms with E-state index in [-0.39, 0.29) is 0 Å². The maximum absolute atomic E-state index is 6.05. The monoisotopic (exact) mass is 249 g/mol. The SMILES string of the molecule is CN(Cc1cnn(C)c1)C(N)=NC1CCCCC1. The second-order valence-electron chi connectivity index (χ2n) is 5.16. The van der Waals surface area contributed by atoms with Gasteiger partial charge in [-0.2, -0.15) is 5.10 Å². The van der Waals surface area contributed by atoms with E-state index in [2.05, 4.69) is 10.1 Å². The van der Waals surface area contributed by atoms with Crippen molar-refractivity contribution in [2.45, 2.75) is 44.7 Å². The second-order valence-corrected chi connectivity index (χ2v) is 5.16. The topological polar surface area (TPSA) is 59.4 Å². The van der Waals surface area contributed by atoms with Gasteiger partial charge in [0.15, 0.2) is 5.96 Å². The fourth-order valence-electron chi connectivity index (χ4n) is 2.40. The maximum atomic E-state index is 6.05. The third kappa shape index (κ3) is 3.48. The van der Waals surface area contributed by atoms with Crippen molar-refractivity contribution in [1.82, 2.24) is 14.7 Å². The highest BCUT2D eigenvalue weighted by Crippen LogP contribution is 2.20. The summed E-state index contributed by atoms with van der Waals surface area (Å²) in [5.74, 6) is 0.644. The maximum Gasteiger partial charge on any atom is 0.191 e. The molecule has 18 heavy (non-hydrogen) atoms. The predicted octanol–water partition coefficient (Wildman–Crippen LogP) is 1.50. The molecule has 5 heteroatoms. The van der Waals surface area contributed by atoms with Crippen molar-refractivity contribution in [3.8, 4) is 0 Å². The van der Waals surface area contributed by atoms with Gasteiger partial charge in [0.1, 0.15) is 0 Å². The number of guanidine groups is 1. The lowest BCUT2D eigenvalue weighted by Gasteiger charge is -2.22. The second kappa shape index (κ2) is 5.89. The van der Waals surface area contributed by atoms with Crippen molar-refractivity contribution < 1.29 is 0 Å². The molecule has 0 amide bonds. The van der Waals surface area contributed by atoms with Gasteiger partial charge < -0.3 is 10.6 Å². The summed E-state index contributed by atoms with van der Waals surface area (Å²) in [6, 6.07) is 0.426. The highest BCUT2D eigenvalue weighted by molar-refractivity contribution is 5.77. The Kier molecular flexibility index (Phi) is 4.23. The lowest BCUT2D eigenvalue weighted by atomic mass is 9.96. The van der Waals surface area contributed by atoms with Crippen LogP contribution in [0, 0.1) is 0 Å². The first-order valence-corrected chi connectivity index (χ1v) is 6.67. The molecule has 1 aliphatic carbocycles. The first kappa shape index (κ1) is 12.9. The lowest BCUT2D eigenvalue weighted by Crippen LogP contribution is -2.35. The fourth-order valence-corrected chi connectivity index (χ4v) is 2.40. The fraction of sp³-hybridized carbons (Fsp3) is 0.692. The van der Waals surface area contributed by atoms with E-state index in [1.807, 2.05) is 31.4 Å². The summed E-state index contributed by atoms with van der Waals surface area (Å²) < 4.78 is 1.80. The molecule has 1 aromatic rings. The molecule has 2 rings (SSSR count). The molecule has 1 saturated carbocycles. The summed E-state index contributed by atoms with van der Waals surface area (Å²) in [6.07, 6.45) is 10.1. The Balaban J connectivity index is 1.90. The van der Waals surface area contributed by atoms with E-state index in [4.69, 9.17) is 5.73 Å². The Morgan fingerprint density at radius 1 is 1.50 bits per heavy atom. The molecular weight excluding hydrogens is 226 g/mol. The summed E-state index contributed by atoms with van der Waals surface area (Å²) in [6.45, 7) is 0.760. The number of nitrogens with zero attached hydrogens (tertiary/aromatic N) is 4. The minimum absolute atomic E-state index is 0.426. The molecular formula is C13H23N5. The van der Waals surface area contributed by atoms with Crippen molar-refractivity contribution in [2.75, 3.05) is 7.05 Å². The van der Waals surface area contributed by atoms with Crippen molar-refractivity contribution >= 4 is 5.96 Å². The number of aryl methyl sites for hydroxylation is 1. The van der Waals surface area contributed by atoms with Crippen molar-refractivity contribution in [3.05, 3.63) is 18.0 Å². The molecule has 0 aliphatic heterocycles. The van der Waals surface area contributed by atoms with Gasteiger partial charge in [0.2, 0.25) is 0 Å². The zero-order valence-electron chi connectivity index (χ0n) is 11.3. The summed E-state index contributed by atoms with van der Waals surface area (Å²) in [4.78, 5) is 6.62. The van der Waals surface area contributed by atoms with E-state index in [0.29, 0.717) is 12.0 Å². The number of hydrogen-bond donors (Lipinski definition) is 1. The van der Waals surface area contributed by atoms with Crippen LogP contribution < -0.4 is 5.73 Å². The van der Waals surface area contributed by atoms with Crippen molar-refractivity contribution in [1.29, 1.82) is 0 Å². The van der Waals surface area contributed by atoms with Crippen LogP contribution in [0.3, 0.4) is 0 Å². The van der Waals surface area contributed by atoms with Crippen LogP contribution in [-0.4, -0.2) is 33.7 Å². The van der Waals surface area contributed by atoms with Gasteiger partial charge >= 0.3 is 0 Å². The Morgan fingerprint density at radius 2 is 2.22 bits per heavy atom. The predicted molar refractivity (Wildman–Crippen MR) is 73.2 cm³/mol. The van der Waals surface area contributed by atoms with Crippen LogP contribution in [0.4, 0.5) is 0 Å². The molecule has 2 N–H and O–H groups in total. The zero-order valence-corrected chi connectivity index (χ0v) is 11.3. The third-order valence-electron chi connectivity index (χ3n) is 3.46. The minimum Gasteiger partial charge on any atom is -0.370 e. The largest absolute Gasteiger partial charge is 0.370 e. The summed E-state index contributed by atoms with van der Waals surface area (Å²) >= 11 is 0. The Labute approximate surface area is 109 Å². The first-order chi connectivity index (χ1) is 8.65. The summed E-state index contributed by atoms with van der Waals surface area (Å²) in [7, 11) is 3.90. The van der Waals surface area contributed by atoms with E-state index >= 15 is 0 Å². The van der Waals surface area contributed by atoms with E-state index in [9.17, 15) is 0 Å². The molecule has 0 saturated heterocycles. The number of rotatable bonds is 3. The molecule has 0 aromatic carbocycles. The lowest BCUT2D eigenvalue weighted by molar-refractivity contribution is 0.428. The normalized spacial score (nSPS) is 18.0. The molecule has 1 heterocycles. The average molecular weight is 249 g/mol. The summed E-state index contributed by atoms with van der Waals surface area (Å²) in [5, 5.41) is 4.15. The van der Waals surface area contributed by atoms with Crippen LogP contribution in [0.5, 0.6) is 0 Å². The highest BCUT2D eigenvalue weighted by Gasteiger charge is 2.13. The van der Waals surface area contributed by atoms with Gasteiger partial charge in [-0.1, -0.05) is 19.3 Å². The van der Waals surface area contributed by atoms with Crippen LogP contribution in [0.1, 0.15) is 37.7 Å². The molecule has 0 atom stereocenters. The molecule has 5 nitrogen and oxygen atoms in total. The van der Waals surface area contributed by atoms with Crippen LogP contribution in [-0.2, 0) is 13.6 Å². The van der Waals surface area contributed by atoms with Gasteiger partial charge in [-0.05, 0) is 12.8 Å². The van der Waals surface area contributed by atoms with Crippen LogP contribution in [0.2, 0.25) is 0 Å². The Hall–Kier alpha value is -1.52. The highest BCUT2D eigenvalue weighted by atomic mass is 15.3. The van der Waals surface area contributed by atoms with Gasteiger partial charge in [-0.25, -0.2) is 4.99 Å². The molecule has 1 fully saturated rings. The van der Waals surface area contributed by atoms with E-state index in [1.54, 1.807) is 4.68 Å². The van der Waals surface area contributed by atoms with Gasteiger partial charge in [-0.15, -0.1) is 0 Å². The quantitative estimate of drug-likeness (QED) is 0.652. The number of nitrogens with two attached hydrogens (primary N) is 1. The molecule has 1 aliphatic rings. The summed E-state index contributed by atoms with van der Waals surface area (Å²) in [5.41, 5.74) is 7.21. The number of aromatic nitrogens is 2. The molecule has 0 bridgehead atoms. The zero-order chi connectivity index (χ0) is 13.0. The molecule has 0 radical (unpaired) electrons. The van der Waals surface area contributed by atoms with Crippen molar-refractivity contribution in [3.63, 3.8) is 0 Å². The standard InChI is InChI=1S/C13H23N5/c1-17(9-11-8-15-18(2)10-11)13(14)16-12-6-4-3-5-7-12/h8,10,12H,3-7,9H2,1-2H3,(H2,14,16). The third-order valence-corrected chi connectivity index (χ3v) is 3.46. The van der Waals surface area contributed by atoms with Crippen LogP contribution in [0.15, 0.2) is 17.4 Å². The van der Waals surface area contributed by atoms with E-state index in [1.165, 1.54) is 32.1 Å². The minimum atomic E-state index is 0.426. The van der Waals surface area contributed by atoms with Crippen LogP contribution in [0.25, 0.3) is 0 Å². The first-order valence-electron chi connectivity index (χ1n) is 6.67. The van der Waals surface area contributed by atoms with Gasteiger partial charge in [0, 0.05) is 32.4 Å². The van der Waals surface area contributed by atoms with E-state index < -0.39 is 0 Å². The molecule has 1 aromatic heterocycles. The number of aliphatic imine (C=N–C) groups is 1. The average Bonchev–Trinajstić information content (AvgIpc) is 2.76. The van der Waals surface area contributed by atoms with Gasteiger partial charge in [-0.3, -0.25) is 4.68 Å². The van der Waals surface area contributed by atoms with Crippen LogP contribution >= 0.6 is 0 Å². The molecule has 100 valence electrons. The van der Waals surface area contributed by atoms with Gasteiger partial charge in [0.25, 0.3) is 0 Å². The van der Waals surface area contributed by atoms with E-state index in [0.717, 1.165) is 12.1 Å². The molecule has 0 spiro atoms. The molecule has 0 unspecified atom stereocenters. The Bertz CT molecular complexity index is 403. The smallest absolute Gasteiger partial charge is 0.191 e. The van der Waals surface area contributed by atoms with Crippen molar-refractivity contribution in [2.24, 2.45) is 17.8 Å². The van der Waals surface area contributed by atoms with Gasteiger partial charge in [0.05, 0.1) is 12.2 Å². The Morgan fingerprint density at radius 3 is 2.83 bits per heavy atom.